The SMILES string of the molecule is C[C@H]1CCCC[NH+]1CCCNC(=O)c1cc(Cl)c2c(c1)OCO2. The van der Waals surface area contributed by atoms with E-state index in [1.54, 1.807) is 17.0 Å². The minimum Gasteiger partial charge on any atom is -0.454 e. The minimum atomic E-state index is -0.119. The smallest absolute Gasteiger partial charge is 0.251 e. The van der Waals surface area contributed by atoms with Crippen LogP contribution in [0.2, 0.25) is 5.02 Å². The largest absolute Gasteiger partial charge is 0.454 e. The number of hydrogen-bond donors (Lipinski definition) is 2. The maximum atomic E-state index is 12.2. The van der Waals surface area contributed by atoms with E-state index in [2.05, 4.69) is 12.2 Å². The van der Waals surface area contributed by atoms with E-state index in [1.165, 1.54) is 25.8 Å². The van der Waals surface area contributed by atoms with Gasteiger partial charge in [-0.15, -0.1) is 0 Å². The highest BCUT2D eigenvalue weighted by molar-refractivity contribution is 6.32. The van der Waals surface area contributed by atoms with E-state index in [1.807, 2.05) is 0 Å². The predicted octanol–water partition coefficient (Wildman–Crippen LogP) is 1.65. The molecule has 0 spiro atoms. The molecule has 2 aliphatic heterocycles. The van der Waals surface area contributed by atoms with Crippen LogP contribution in [0.5, 0.6) is 11.5 Å². The number of carbonyl (C=O) groups excluding carboxylic acids is 1. The summed E-state index contributed by atoms with van der Waals surface area (Å²) in [6, 6.07) is 4.05. The first-order chi connectivity index (χ1) is 11.1. The molecule has 1 aromatic rings. The van der Waals surface area contributed by atoms with Gasteiger partial charge in [0.15, 0.2) is 11.5 Å². The summed E-state index contributed by atoms with van der Waals surface area (Å²) >= 11 is 6.11. The zero-order valence-corrected chi connectivity index (χ0v) is 14.2. The normalized spacial score (nSPS) is 22.9. The number of benzene rings is 1. The fourth-order valence-electron chi connectivity index (χ4n) is 3.34. The molecule has 0 bridgehead atoms. The summed E-state index contributed by atoms with van der Waals surface area (Å²) in [5, 5.41) is 3.38. The zero-order valence-electron chi connectivity index (χ0n) is 13.5. The molecule has 2 atom stereocenters. The maximum absolute atomic E-state index is 12.2. The van der Waals surface area contributed by atoms with Gasteiger partial charge in [-0.1, -0.05) is 11.6 Å². The summed E-state index contributed by atoms with van der Waals surface area (Å²) in [5.74, 6) is 0.937. The van der Waals surface area contributed by atoms with E-state index in [-0.39, 0.29) is 12.7 Å². The Bertz CT molecular complexity index is 579. The Kier molecular flexibility index (Phi) is 5.28. The molecule has 3 rings (SSSR count). The number of carbonyl (C=O) groups is 1. The number of piperidine rings is 1. The van der Waals surface area contributed by atoms with Gasteiger partial charge in [0, 0.05) is 18.5 Å². The summed E-state index contributed by atoms with van der Waals surface area (Å²) in [6.07, 6.45) is 4.98. The molecule has 1 saturated heterocycles. The molecular weight excluding hydrogens is 316 g/mol. The average Bonchev–Trinajstić information content (AvgIpc) is 3.02. The Morgan fingerprint density at radius 3 is 3.09 bits per heavy atom. The lowest BCUT2D eigenvalue weighted by Crippen LogP contribution is -3.16. The first-order valence-corrected chi connectivity index (χ1v) is 8.75. The fourth-order valence-corrected chi connectivity index (χ4v) is 3.61. The monoisotopic (exact) mass is 339 g/mol. The van der Waals surface area contributed by atoms with Crippen molar-refractivity contribution >= 4 is 17.5 Å². The van der Waals surface area contributed by atoms with E-state index in [0.717, 1.165) is 19.0 Å². The second-order valence-electron chi connectivity index (χ2n) is 6.36. The van der Waals surface area contributed by atoms with E-state index in [9.17, 15) is 4.79 Å². The van der Waals surface area contributed by atoms with Crippen LogP contribution in [0.3, 0.4) is 0 Å². The second kappa shape index (κ2) is 7.41. The number of quaternary nitrogens is 1. The number of likely N-dealkylation sites (tertiary alicyclic amines) is 1. The number of rotatable bonds is 5. The Balaban J connectivity index is 1.47. The first-order valence-electron chi connectivity index (χ1n) is 8.37. The Hall–Kier alpha value is -1.46. The van der Waals surface area contributed by atoms with Crippen molar-refractivity contribution < 1.29 is 19.2 Å². The molecule has 5 nitrogen and oxygen atoms in total. The topological polar surface area (TPSA) is 52.0 Å². The molecule has 126 valence electrons. The lowest BCUT2D eigenvalue weighted by atomic mass is 10.0. The first kappa shape index (κ1) is 16.4. The van der Waals surface area contributed by atoms with Crippen LogP contribution in [0, 0.1) is 0 Å². The standard InChI is InChI=1S/C17H23ClN2O3/c1-12-5-2-3-7-20(12)8-4-6-19-17(21)13-9-14(18)16-15(10-13)22-11-23-16/h9-10,12H,2-8,11H2,1H3,(H,19,21)/p+1/t12-/m0/s1. The van der Waals surface area contributed by atoms with Crippen molar-refractivity contribution in [2.45, 2.75) is 38.6 Å². The molecule has 23 heavy (non-hydrogen) atoms. The summed E-state index contributed by atoms with van der Waals surface area (Å²) in [5.41, 5.74) is 0.512. The summed E-state index contributed by atoms with van der Waals surface area (Å²) < 4.78 is 10.5. The van der Waals surface area contributed by atoms with Crippen LogP contribution in [0.1, 0.15) is 43.0 Å². The van der Waals surface area contributed by atoms with Crippen molar-refractivity contribution in [3.63, 3.8) is 0 Å². The minimum absolute atomic E-state index is 0.119. The van der Waals surface area contributed by atoms with Crippen LogP contribution >= 0.6 is 11.6 Å². The van der Waals surface area contributed by atoms with Crippen molar-refractivity contribution in [1.29, 1.82) is 0 Å². The highest BCUT2D eigenvalue weighted by Crippen LogP contribution is 2.39. The van der Waals surface area contributed by atoms with E-state index in [4.69, 9.17) is 21.1 Å². The van der Waals surface area contributed by atoms with E-state index >= 15 is 0 Å². The van der Waals surface area contributed by atoms with Gasteiger partial charge < -0.3 is 19.7 Å². The van der Waals surface area contributed by atoms with Gasteiger partial charge in [-0.3, -0.25) is 4.79 Å². The summed E-state index contributed by atoms with van der Waals surface area (Å²) in [7, 11) is 0. The number of halogens is 1. The molecule has 2 N–H and O–H groups in total. The van der Waals surface area contributed by atoms with Crippen molar-refractivity contribution in [2.75, 3.05) is 26.4 Å². The fraction of sp³-hybridized carbons (Fsp3) is 0.588. The van der Waals surface area contributed by atoms with Gasteiger partial charge in [0.2, 0.25) is 6.79 Å². The van der Waals surface area contributed by atoms with E-state index in [0.29, 0.717) is 28.6 Å². The van der Waals surface area contributed by atoms with Crippen LogP contribution in [0.25, 0.3) is 0 Å². The molecular formula is C17H24ClN2O3+. The van der Waals surface area contributed by atoms with Crippen LogP contribution in [0.4, 0.5) is 0 Å². The highest BCUT2D eigenvalue weighted by atomic mass is 35.5. The van der Waals surface area contributed by atoms with Crippen molar-refractivity contribution in [3.05, 3.63) is 22.7 Å². The van der Waals surface area contributed by atoms with Gasteiger partial charge >= 0.3 is 0 Å². The maximum Gasteiger partial charge on any atom is 0.251 e. The van der Waals surface area contributed by atoms with Crippen LogP contribution in [0.15, 0.2) is 12.1 Å². The molecule has 0 saturated carbocycles. The van der Waals surface area contributed by atoms with Crippen LogP contribution in [-0.4, -0.2) is 38.4 Å². The molecule has 0 aromatic heterocycles. The van der Waals surface area contributed by atoms with Gasteiger partial charge in [-0.2, -0.15) is 0 Å². The number of amides is 1. The van der Waals surface area contributed by atoms with Gasteiger partial charge in [0.05, 0.1) is 24.2 Å². The summed E-state index contributed by atoms with van der Waals surface area (Å²) in [4.78, 5) is 13.9. The number of ether oxygens (including phenoxy) is 2. The van der Waals surface area contributed by atoms with Gasteiger partial charge in [-0.05, 0) is 38.3 Å². The number of fused-ring (bicyclic) bond motifs is 1. The number of hydrogen-bond acceptors (Lipinski definition) is 3. The molecule has 1 fully saturated rings. The van der Waals surface area contributed by atoms with Crippen molar-refractivity contribution in [2.24, 2.45) is 0 Å². The average molecular weight is 340 g/mol. The second-order valence-corrected chi connectivity index (χ2v) is 6.76. The Morgan fingerprint density at radius 1 is 1.39 bits per heavy atom. The van der Waals surface area contributed by atoms with Crippen LogP contribution < -0.4 is 19.7 Å². The summed E-state index contributed by atoms with van der Waals surface area (Å²) in [6.45, 7) is 5.52. The molecule has 0 radical (unpaired) electrons. The van der Waals surface area contributed by atoms with Crippen LogP contribution in [-0.2, 0) is 0 Å². The predicted molar refractivity (Wildman–Crippen MR) is 88.5 cm³/mol. The van der Waals surface area contributed by atoms with E-state index < -0.39 is 0 Å². The quantitative estimate of drug-likeness (QED) is 0.802. The number of nitrogens with one attached hydrogen (secondary N) is 2. The third kappa shape index (κ3) is 3.90. The lowest BCUT2D eigenvalue weighted by molar-refractivity contribution is -0.928. The molecule has 1 aromatic carbocycles. The molecule has 2 aliphatic rings. The Morgan fingerprint density at radius 2 is 2.26 bits per heavy atom. The molecule has 1 unspecified atom stereocenters. The lowest BCUT2D eigenvalue weighted by Gasteiger charge is -2.30. The zero-order chi connectivity index (χ0) is 16.2. The molecule has 2 heterocycles. The van der Waals surface area contributed by atoms with Gasteiger partial charge in [-0.25, -0.2) is 0 Å². The molecule has 6 heteroatoms. The van der Waals surface area contributed by atoms with Gasteiger partial charge in [0.25, 0.3) is 5.91 Å². The third-order valence-electron chi connectivity index (χ3n) is 4.73. The highest BCUT2D eigenvalue weighted by Gasteiger charge is 2.22. The molecule has 1 amide bonds. The van der Waals surface area contributed by atoms with Crippen molar-refractivity contribution in [1.82, 2.24) is 5.32 Å². The Labute approximate surface area is 141 Å². The molecule has 0 aliphatic carbocycles. The van der Waals surface area contributed by atoms with Crippen molar-refractivity contribution in [3.8, 4) is 11.5 Å². The van der Waals surface area contributed by atoms with Gasteiger partial charge in [0.1, 0.15) is 0 Å². The third-order valence-corrected chi connectivity index (χ3v) is 5.01.